The predicted molar refractivity (Wildman–Crippen MR) is 80.3 cm³/mol. The second-order valence-electron chi connectivity index (χ2n) is 5.88. The van der Waals surface area contributed by atoms with Crippen LogP contribution in [0.2, 0.25) is 0 Å². The molecule has 1 aliphatic rings. The van der Waals surface area contributed by atoms with Crippen LogP contribution in [0.15, 0.2) is 42.5 Å². The minimum absolute atomic E-state index is 0.170. The minimum Gasteiger partial charge on any atom is -0.485 e. The first-order valence-electron chi connectivity index (χ1n) is 7.00. The summed E-state index contributed by atoms with van der Waals surface area (Å²) in [5.74, 6) is 1.64. The molecule has 0 saturated carbocycles. The molecular weight excluding hydrogens is 262 g/mol. The Balaban J connectivity index is 1.75. The predicted octanol–water partition coefficient (Wildman–Crippen LogP) is 3.85. The molecule has 0 aliphatic carbocycles. The first kappa shape index (κ1) is 13.5. The van der Waals surface area contributed by atoms with Gasteiger partial charge in [0, 0.05) is 12.0 Å². The number of nitriles is 1. The summed E-state index contributed by atoms with van der Waals surface area (Å²) >= 11 is 0. The van der Waals surface area contributed by atoms with Crippen molar-refractivity contribution in [1.82, 2.24) is 0 Å². The summed E-state index contributed by atoms with van der Waals surface area (Å²) in [6.45, 7) is 4.63. The third kappa shape index (κ3) is 2.85. The van der Waals surface area contributed by atoms with Crippen molar-refractivity contribution in [1.29, 1.82) is 5.26 Å². The first-order valence-corrected chi connectivity index (χ1v) is 7.00. The zero-order chi connectivity index (χ0) is 14.9. The van der Waals surface area contributed by atoms with Crippen LogP contribution in [0.1, 0.15) is 30.5 Å². The highest BCUT2D eigenvalue weighted by atomic mass is 16.5. The van der Waals surface area contributed by atoms with Gasteiger partial charge in [-0.1, -0.05) is 24.3 Å². The van der Waals surface area contributed by atoms with E-state index in [1.807, 2.05) is 24.3 Å². The van der Waals surface area contributed by atoms with Gasteiger partial charge in [-0.05, 0) is 37.6 Å². The fourth-order valence-corrected chi connectivity index (χ4v) is 2.54. The van der Waals surface area contributed by atoms with Gasteiger partial charge in [-0.2, -0.15) is 5.26 Å². The van der Waals surface area contributed by atoms with Crippen molar-refractivity contribution in [3.8, 4) is 17.6 Å². The Hall–Kier alpha value is -2.47. The van der Waals surface area contributed by atoms with Gasteiger partial charge in [0.05, 0.1) is 11.6 Å². The summed E-state index contributed by atoms with van der Waals surface area (Å²) in [4.78, 5) is 0. The van der Waals surface area contributed by atoms with Crippen molar-refractivity contribution < 1.29 is 9.47 Å². The van der Waals surface area contributed by atoms with Gasteiger partial charge < -0.3 is 9.47 Å². The van der Waals surface area contributed by atoms with Crippen LogP contribution in [-0.2, 0) is 13.0 Å². The van der Waals surface area contributed by atoms with Gasteiger partial charge in [0.1, 0.15) is 12.2 Å². The molecule has 3 heteroatoms. The third-order valence-electron chi connectivity index (χ3n) is 3.53. The molecule has 2 aromatic carbocycles. The molecular formula is C18H17NO2. The molecule has 2 aromatic rings. The van der Waals surface area contributed by atoms with Gasteiger partial charge in [-0.3, -0.25) is 0 Å². The fourth-order valence-electron chi connectivity index (χ4n) is 2.54. The molecule has 1 aliphatic heterocycles. The maximum atomic E-state index is 8.79. The van der Waals surface area contributed by atoms with Crippen molar-refractivity contribution in [3.63, 3.8) is 0 Å². The quantitative estimate of drug-likeness (QED) is 0.857. The van der Waals surface area contributed by atoms with E-state index in [0.29, 0.717) is 12.2 Å². The van der Waals surface area contributed by atoms with E-state index < -0.39 is 0 Å². The summed E-state index contributed by atoms with van der Waals surface area (Å²) in [5, 5.41) is 8.79. The number of nitrogens with zero attached hydrogens (tertiary/aromatic N) is 1. The number of hydrogen-bond acceptors (Lipinski definition) is 3. The number of fused-ring (bicyclic) bond motifs is 1. The molecule has 3 rings (SSSR count). The lowest BCUT2D eigenvalue weighted by atomic mass is 10.0. The molecule has 0 amide bonds. The van der Waals surface area contributed by atoms with E-state index in [0.717, 1.165) is 23.5 Å². The monoisotopic (exact) mass is 279 g/mol. The number of rotatable bonds is 3. The lowest BCUT2D eigenvalue weighted by molar-refractivity contribution is 0.131. The van der Waals surface area contributed by atoms with Crippen LogP contribution in [0.3, 0.4) is 0 Å². The Kier molecular flexibility index (Phi) is 3.31. The fraction of sp³-hybridized carbons (Fsp3) is 0.278. The zero-order valence-electron chi connectivity index (χ0n) is 12.2. The molecule has 0 atom stereocenters. The van der Waals surface area contributed by atoms with E-state index >= 15 is 0 Å². The topological polar surface area (TPSA) is 42.2 Å². The summed E-state index contributed by atoms with van der Waals surface area (Å²) in [6, 6.07) is 15.5. The van der Waals surface area contributed by atoms with Gasteiger partial charge in [-0.15, -0.1) is 0 Å². The maximum absolute atomic E-state index is 8.79. The van der Waals surface area contributed by atoms with Crippen LogP contribution in [-0.4, -0.2) is 5.60 Å². The van der Waals surface area contributed by atoms with Gasteiger partial charge >= 0.3 is 0 Å². The molecule has 3 nitrogen and oxygen atoms in total. The van der Waals surface area contributed by atoms with Crippen molar-refractivity contribution in [3.05, 3.63) is 59.2 Å². The highest BCUT2D eigenvalue weighted by Crippen LogP contribution is 2.41. The molecule has 0 bridgehead atoms. The third-order valence-corrected chi connectivity index (χ3v) is 3.53. The van der Waals surface area contributed by atoms with Gasteiger partial charge in [0.2, 0.25) is 0 Å². The molecule has 106 valence electrons. The van der Waals surface area contributed by atoms with Crippen LogP contribution < -0.4 is 9.47 Å². The Morgan fingerprint density at radius 3 is 2.67 bits per heavy atom. The lowest BCUT2D eigenvalue weighted by Gasteiger charge is -2.18. The molecule has 0 spiro atoms. The number of hydrogen-bond donors (Lipinski definition) is 0. The number of benzene rings is 2. The molecule has 0 N–H and O–H groups in total. The van der Waals surface area contributed by atoms with Gasteiger partial charge in [0.15, 0.2) is 11.5 Å². The molecule has 1 heterocycles. The average molecular weight is 279 g/mol. The van der Waals surface area contributed by atoms with Crippen molar-refractivity contribution in [2.45, 2.75) is 32.5 Å². The molecule has 0 unspecified atom stereocenters. The number of para-hydroxylation sites is 1. The minimum atomic E-state index is -0.170. The van der Waals surface area contributed by atoms with E-state index in [1.54, 1.807) is 12.1 Å². The molecule has 0 aromatic heterocycles. The van der Waals surface area contributed by atoms with E-state index in [2.05, 4.69) is 26.0 Å². The molecule has 0 fully saturated rings. The number of ether oxygens (including phenoxy) is 2. The van der Waals surface area contributed by atoms with E-state index in [4.69, 9.17) is 14.7 Å². The van der Waals surface area contributed by atoms with E-state index in [9.17, 15) is 0 Å². The average Bonchev–Trinajstić information content (AvgIpc) is 2.80. The summed E-state index contributed by atoms with van der Waals surface area (Å²) in [6.07, 6.45) is 0.899. The van der Waals surface area contributed by atoms with Crippen LogP contribution >= 0.6 is 0 Å². The lowest BCUT2D eigenvalue weighted by Crippen LogP contribution is -2.24. The Morgan fingerprint density at radius 1 is 1.19 bits per heavy atom. The van der Waals surface area contributed by atoms with E-state index in [-0.39, 0.29) is 5.60 Å². The highest BCUT2D eigenvalue weighted by Gasteiger charge is 2.32. The second kappa shape index (κ2) is 5.14. The smallest absolute Gasteiger partial charge is 0.165 e. The van der Waals surface area contributed by atoms with Gasteiger partial charge in [-0.25, -0.2) is 0 Å². The largest absolute Gasteiger partial charge is 0.485 e. The molecule has 0 saturated heterocycles. The van der Waals surface area contributed by atoms with Crippen LogP contribution in [0.25, 0.3) is 0 Å². The second-order valence-corrected chi connectivity index (χ2v) is 5.88. The maximum Gasteiger partial charge on any atom is 0.165 e. The van der Waals surface area contributed by atoms with Crippen molar-refractivity contribution >= 4 is 0 Å². The summed E-state index contributed by atoms with van der Waals surface area (Å²) < 4.78 is 11.9. The zero-order valence-corrected chi connectivity index (χ0v) is 12.2. The standard InChI is InChI=1S/C18H17NO2/c1-18(2)10-15-4-3-5-16(17(15)21-18)20-12-14-8-6-13(11-19)7-9-14/h3-9H,10,12H2,1-2H3. The normalized spacial score (nSPS) is 14.9. The Labute approximate surface area is 124 Å². The van der Waals surface area contributed by atoms with Crippen LogP contribution in [0, 0.1) is 11.3 Å². The SMILES string of the molecule is CC1(C)Cc2cccc(OCc3ccc(C#N)cc3)c2O1. The van der Waals surface area contributed by atoms with Crippen LogP contribution in [0.4, 0.5) is 0 Å². The van der Waals surface area contributed by atoms with E-state index in [1.165, 1.54) is 5.56 Å². The van der Waals surface area contributed by atoms with Crippen molar-refractivity contribution in [2.75, 3.05) is 0 Å². The highest BCUT2D eigenvalue weighted by molar-refractivity contribution is 5.50. The van der Waals surface area contributed by atoms with Crippen molar-refractivity contribution in [2.24, 2.45) is 0 Å². The summed E-state index contributed by atoms with van der Waals surface area (Å²) in [7, 11) is 0. The molecule has 21 heavy (non-hydrogen) atoms. The first-order chi connectivity index (χ1) is 10.1. The summed E-state index contributed by atoms with van der Waals surface area (Å²) in [5.41, 5.74) is 2.71. The molecule has 0 radical (unpaired) electrons. The van der Waals surface area contributed by atoms with Crippen LogP contribution in [0.5, 0.6) is 11.5 Å². The van der Waals surface area contributed by atoms with Gasteiger partial charge in [0.25, 0.3) is 0 Å². The Bertz CT molecular complexity index is 696. The Morgan fingerprint density at radius 2 is 1.95 bits per heavy atom.